The Balaban J connectivity index is 2.04. The van der Waals surface area contributed by atoms with Crippen molar-refractivity contribution < 1.29 is 13.2 Å². The molecule has 0 radical (unpaired) electrons. The number of halogens is 1. The lowest BCUT2D eigenvalue weighted by atomic mass is 10.3. The van der Waals surface area contributed by atoms with Gasteiger partial charge in [-0.15, -0.1) is 11.3 Å². The van der Waals surface area contributed by atoms with Gasteiger partial charge in [-0.25, -0.2) is 13.4 Å². The van der Waals surface area contributed by atoms with E-state index in [0.29, 0.717) is 16.5 Å². The van der Waals surface area contributed by atoms with Crippen LogP contribution in [0.15, 0.2) is 34.5 Å². The molecule has 0 aliphatic carbocycles. The minimum Gasteiger partial charge on any atom is -0.495 e. The van der Waals surface area contributed by atoms with Crippen LogP contribution in [0.25, 0.3) is 10.7 Å². The molecule has 2 aromatic heterocycles. The van der Waals surface area contributed by atoms with E-state index in [-0.39, 0.29) is 10.6 Å². The molecule has 0 bridgehead atoms. The van der Waals surface area contributed by atoms with Gasteiger partial charge in [-0.05, 0) is 38.1 Å². The molecule has 0 amide bonds. The number of aryl methyl sites for hydroxylation is 1. The van der Waals surface area contributed by atoms with Crippen molar-refractivity contribution in [1.82, 2.24) is 9.55 Å². The second-order valence-corrected chi connectivity index (χ2v) is 8.73. The SMILES string of the molecule is COc1ccc(Cl)cc1NS(=O)(=O)c1cc(-c2nc(C)cs2)n(C)c1C. The van der Waals surface area contributed by atoms with Gasteiger partial charge in [0.05, 0.1) is 18.5 Å². The first-order valence-electron chi connectivity index (χ1n) is 7.68. The summed E-state index contributed by atoms with van der Waals surface area (Å²) in [6.45, 7) is 3.66. The van der Waals surface area contributed by atoms with Crippen molar-refractivity contribution in [2.75, 3.05) is 11.8 Å². The maximum Gasteiger partial charge on any atom is 0.263 e. The minimum absolute atomic E-state index is 0.185. The van der Waals surface area contributed by atoms with Gasteiger partial charge in [-0.3, -0.25) is 4.72 Å². The van der Waals surface area contributed by atoms with E-state index in [9.17, 15) is 8.42 Å². The standard InChI is InChI=1S/C17H18ClN3O3S2/c1-10-9-25-17(19-10)14-8-16(11(2)21(14)3)26(22,23)20-13-7-12(18)5-6-15(13)24-4/h5-9,20H,1-4H3. The van der Waals surface area contributed by atoms with E-state index >= 15 is 0 Å². The van der Waals surface area contributed by atoms with E-state index < -0.39 is 10.0 Å². The number of anilines is 1. The molecule has 0 saturated heterocycles. The topological polar surface area (TPSA) is 73.2 Å². The van der Waals surface area contributed by atoms with E-state index in [4.69, 9.17) is 16.3 Å². The fourth-order valence-electron chi connectivity index (χ4n) is 2.58. The van der Waals surface area contributed by atoms with Crippen LogP contribution in [0.3, 0.4) is 0 Å². The molecule has 3 rings (SSSR count). The summed E-state index contributed by atoms with van der Waals surface area (Å²) in [5.74, 6) is 0.391. The molecule has 0 fully saturated rings. The number of hydrogen-bond acceptors (Lipinski definition) is 5. The highest BCUT2D eigenvalue weighted by Crippen LogP contribution is 2.33. The molecular formula is C17H18ClN3O3S2. The number of ether oxygens (including phenoxy) is 1. The zero-order valence-corrected chi connectivity index (χ0v) is 17.1. The van der Waals surface area contributed by atoms with Gasteiger partial charge in [-0.1, -0.05) is 11.6 Å². The van der Waals surface area contributed by atoms with Gasteiger partial charge in [0.25, 0.3) is 10.0 Å². The molecule has 0 spiro atoms. The van der Waals surface area contributed by atoms with Crippen molar-refractivity contribution in [3.63, 3.8) is 0 Å². The summed E-state index contributed by atoms with van der Waals surface area (Å²) in [5, 5.41) is 3.11. The quantitative estimate of drug-likeness (QED) is 0.681. The minimum atomic E-state index is -3.83. The van der Waals surface area contributed by atoms with Crippen molar-refractivity contribution in [2.45, 2.75) is 18.7 Å². The fourth-order valence-corrected chi connectivity index (χ4v) is 4.95. The van der Waals surface area contributed by atoms with Crippen molar-refractivity contribution in [2.24, 2.45) is 7.05 Å². The monoisotopic (exact) mass is 411 g/mol. The van der Waals surface area contributed by atoms with Gasteiger partial charge in [0.15, 0.2) is 0 Å². The Kier molecular flexibility index (Phi) is 5.01. The predicted molar refractivity (Wildman–Crippen MR) is 105 cm³/mol. The van der Waals surface area contributed by atoms with Crippen LogP contribution in [0.4, 0.5) is 5.69 Å². The first kappa shape index (κ1) is 18.8. The number of hydrogen-bond donors (Lipinski definition) is 1. The van der Waals surface area contributed by atoms with E-state index in [0.717, 1.165) is 16.4 Å². The molecule has 138 valence electrons. The van der Waals surface area contributed by atoms with Gasteiger partial charge in [0, 0.05) is 28.8 Å². The first-order chi connectivity index (χ1) is 12.2. The van der Waals surface area contributed by atoms with E-state index in [1.54, 1.807) is 25.1 Å². The first-order valence-corrected chi connectivity index (χ1v) is 10.4. The molecular weight excluding hydrogens is 394 g/mol. The number of benzene rings is 1. The summed E-state index contributed by atoms with van der Waals surface area (Å²) >= 11 is 7.47. The summed E-state index contributed by atoms with van der Waals surface area (Å²) in [4.78, 5) is 4.63. The average molecular weight is 412 g/mol. The third-order valence-electron chi connectivity index (χ3n) is 4.02. The Hall–Kier alpha value is -2.03. The van der Waals surface area contributed by atoms with Crippen molar-refractivity contribution in [3.8, 4) is 16.5 Å². The predicted octanol–water partition coefficient (Wildman–Crippen LogP) is 4.23. The average Bonchev–Trinajstić information content (AvgIpc) is 3.12. The lowest BCUT2D eigenvalue weighted by molar-refractivity contribution is 0.417. The van der Waals surface area contributed by atoms with Gasteiger partial charge in [-0.2, -0.15) is 0 Å². The van der Waals surface area contributed by atoms with Crippen LogP contribution < -0.4 is 9.46 Å². The Labute approximate surface area is 161 Å². The maximum absolute atomic E-state index is 13.0. The Morgan fingerprint density at radius 2 is 2.00 bits per heavy atom. The second-order valence-electron chi connectivity index (χ2n) is 5.78. The summed E-state index contributed by atoms with van der Waals surface area (Å²) in [6, 6.07) is 6.39. The highest BCUT2D eigenvalue weighted by Gasteiger charge is 2.24. The van der Waals surface area contributed by atoms with Crippen LogP contribution in [0.5, 0.6) is 5.75 Å². The molecule has 2 heterocycles. The Morgan fingerprint density at radius 1 is 1.27 bits per heavy atom. The molecule has 0 aliphatic rings. The van der Waals surface area contributed by atoms with Crippen LogP contribution in [0.1, 0.15) is 11.4 Å². The molecule has 26 heavy (non-hydrogen) atoms. The van der Waals surface area contributed by atoms with Crippen LogP contribution in [0, 0.1) is 13.8 Å². The second kappa shape index (κ2) is 6.94. The molecule has 0 unspecified atom stereocenters. The molecule has 0 aliphatic heterocycles. The van der Waals surface area contributed by atoms with E-state index in [1.165, 1.54) is 24.5 Å². The molecule has 9 heteroatoms. The summed E-state index contributed by atoms with van der Waals surface area (Å²) in [6.07, 6.45) is 0. The molecule has 6 nitrogen and oxygen atoms in total. The summed E-state index contributed by atoms with van der Waals surface area (Å²) in [7, 11) is -0.539. The largest absolute Gasteiger partial charge is 0.495 e. The third kappa shape index (κ3) is 3.44. The van der Waals surface area contributed by atoms with Crippen LogP contribution >= 0.6 is 22.9 Å². The Morgan fingerprint density at radius 3 is 2.62 bits per heavy atom. The molecule has 1 N–H and O–H groups in total. The smallest absolute Gasteiger partial charge is 0.263 e. The normalized spacial score (nSPS) is 11.6. The molecule has 1 aromatic carbocycles. The van der Waals surface area contributed by atoms with Crippen molar-refractivity contribution in [3.05, 3.63) is 46.1 Å². The number of nitrogens with zero attached hydrogens (tertiary/aromatic N) is 2. The highest BCUT2D eigenvalue weighted by molar-refractivity contribution is 7.92. The number of methoxy groups -OCH3 is 1. The van der Waals surface area contributed by atoms with Gasteiger partial charge in [0.2, 0.25) is 0 Å². The third-order valence-corrected chi connectivity index (χ3v) is 6.72. The maximum atomic E-state index is 13.0. The number of thiazole rings is 1. The van der Waals surface area contributed by atoms with Gasteiger partial charge >= 0.3 is 0 Å². The molecule has 3 aromatic rings. The molecule has 0 saturated carbocycles. The van der Waals surface area contributed by atoms with Gasteiger partial charge in [0.1, 0.15) is 15.7 Å². The number of sulfonamides is 1. The zero-order chi connectivity index (χ0) is 19.1. The number of nitrogens with one attached hydrogen (secondary N) is 1. The van der Waals surface area contributed by atoms with E-state index in [2.05, 4.69) is 9.71 Å². The highest BCUT2D eigenvalue weighted by atomic mass is 35.5. The van der Waals surface area contributed by atoms with Crippen molar-refractivity contribution in [1.29, 1.82) is 0 Å². The lowest BCUT2D eigenvalue weighted by Crippen LogP contribution is -2.14. The van der Waals surface area contributed by atoms with Crippen LogP contribution in [0.2, 0.25) is 5.02 Å². The van der Waals surface area contributed by atoms with Crippen LogP contribution in [-0.4, -0.2) is 25.1 Å². The van der Waals surface area contributed by atoms with Crippen LogP contribution in [-0.2, 0) is 17.1 Å². The lowest BCUT2D eigenvalue weighted by Gasteiger charge is -2.12. The van der Waals surface area contributed by atoms with E-state index in [1.807, 2.05) is 23.9 Å². The van der Waals surface area contributed by atoms with Gasteiger partial charge < -0.3 is 9.30 Å². The number of aromatic nitrogens is 2. The Bertz CT molecular complexity index is 1070. The van der Waals surface area contributed by atoms with Crippen molar-refractivity contribution >= 4 is 38.6 Å². The number of rotatable bonds is 5. The summed E-state index contributed by atoms with van der Waals surface area (Å²) < 4.78 is 35.5. The fraction of sp³-hybridized carbons (Fsp3) is 0.235. The summed E-state index contributed by atoms with van der Waals surface area (Å²) in [5.41, 5.74) is 2.55. The molecule has 0 atom stereocenters. The zero-order valence-electron chi connectivity index (χ0n) is 14.7.